The normalized spacial score (nSPS) is 12.5. The molecule has 0 atom stereocenters. The van der Waals surface area contributed by atoms with Crippen LogP contribution in [0.2, 0.25) is 0 Å². The molecular formula is C22H19FN2O2. The number of fused-ring (bicyclic) bond motifs is 1. The quantitative estimate of drug-likeness (QED) is 0.736. The molecule has 1 aliphatic carbocycles. The minimum Gasteiger partial charge on any atom is -0.496 e. The predicted molar refractivity (Wildman–Crippen MR) is 103 cm³/mol. The Kier molecular flexibility index (Phi) is 4.59. The van der Waals surface area contributed by atoms with E-state index in [1.165, 1.54) is 29.7 Å². The van der Waals surface area contributed by atoms with Gasteiger partial charge in [-0.3, -0.25) is 4.79 Å². The molecule has 4 nitrogen and oxygen atoms in total. The monoisotopic (exact) mass is 362 g/mol. The zero-order valence-corrected chi connectivity index (χ0v) is 15.0. The van der Waals surface area contributed by atoms with Crippen molar-refractivity contribution in [1.82, 2.24) is 4.98 Å². The van der Waals surface area contributed by atoms with E-state index in [0.717, 1.165) is 29.7 Å². The molecule has 27 heavy (non-hydrogen) atoms. The molecule has 4 rings (SSSR count). The second kappa shape index (κ2) is 7.19. The second-order valence-electron chi connectivity index (χ2n) is 6.54. The van der Waals surface area contributed by atoms with Crippen LogP contribution in [-0.4, -0.2) is 18.0 Å². The van der Waals surface area contributed by atoms with Crippen molar-refractivity contribution < 1.29 is 13.9 Å². The van der Waals surface area contributed by atoms with Gasteiger partial charge in [-0.25, -0.2) is 9.37 Å². The number of hydrogen-bond acceptors (Lipinski definition) is 3. The highest BCUT2D eigenvalue weighted by molar-refractivity contribution is 6.04. The van der Waals surface area contributed by atoms with Crippen molar-refractivity contribution in [2.75, 3.05) is 12.4 Å². The van der Waals surface area contributed by atoms with Crippen LogP contribution in [0.5, 0.6) is 5.75 Å². The van der Waals surface area contributed by atoms with E-state index in [2.05, 4.69) is 22.4 Å². The molecule has 1 N–H and O–H groups in total. The van der Waals surface area contributed by atoms with E-state index in [-0.39, 0.29) is 5.56 Å². The van der Waals surface area contributed by atoms with Crippen molar-refractivity contribution in [3.8, 4) is 16.9 Å². The van der Waals surface area contributed by atoms with Crippen molar-refractivity contribution in [3.05, 3.63) is 77.2 Å². The Bertz CT molecular complexity index is 1000. The third kappa shape index (κ3) is 3.40. The largest absolute Gasteiger partial charge is 0.496 e. The van der Waals surface area contributed by atoms with Gasteiger partial charge in [0.05, 0.1) is 12.7 Å². The number of carbonyl (C=O) groups excluding carboxylic acids is 1. The highest BCUT2D eigenvalue weighted by Crippen LogP contribution is 2.36. The SMILES string of the molecule is COc1cc2c(cc1-c1ccc(NC(=O)c3ccccc3F)nc1)CCC2. The first-order chi connectivity index (χ1) is 13.2. The molecule has 1 amide bonds. The molecular weight excluding hydrogens is 343 g/mol. The van der Waals surface area contributed by atoms with Crippen LogP contribution in [0.3, 0.4) is 0 Å². The number of methoxy groups -OCH3 is 1. The Morgan fingerprint density at radius 2 is 1.89 bits per heavy atom. The third-order valence-corrected chi connectivity index (χ3v) is 4.85. The predicted octanol–water partition coefficient (Wildman–Crippen LogP) is 4.64. The molecule has 0 bridgehead atoms. The van der Waals surface area contributed by atoms with Crippen molar-refractivity contribution in [2.24, 2.45) is 0 Å². The maximum Gasteiger partial charge on any atom is 0.259 e. The van der Waals surface area contributed by atoms with E-state index < -0.39 is 11.7 Å². The van der Waals surface area contributed by atoms with Crippen LogP contribution in [0.4, 0.5) is 10.2 Å². The summed E-state index contributed by atoms with van der Waals surface area (Å²) < 4.78 is 19.3. The summed E-state index contributed by atoms with van der Waals surface area (Å²) in [5.41, 5.74) is 4.58. The number of nitrogens with one attached hydrogen (secondary N) is 1. The Morgan fingerprint density at radius 1 is 1.11 bits per heavy atom. The lowest BCUT2D eigenvalue weighted by Gasteiger charge is -2.12. The summed E-state index contributed by atoms with van der Waals surface area (Å²) in [5, 5.41) is 2.63. The van der Waals surface area contributed by atoms with Gasteiger partial charge in [-0.15, -0.1) is 0 Å². The lowest BCUT2D eigenvalue weighted by atomic mass is 10.0. The average molecular weight is 362 g/mol. The van der Waals surface area contributed by atoms with Gasteiger partial charge in [-0.05, 0) is 66.8 Å². The average Bonchev–Trinajstić information content (AvgIpc) is 3.15. The summed E-state index contributed by atoms with van der Waals surface area (Å²) in [4.78, 5) is 16.5. The van der Waals surface area contributed by atoms with Crippen molar-refractivity contribution >= 4 is 11.7 Å². The van der Waals surface area contributed by atoms with Crippen LogP contribution in [0.1, 0.15) is 27.9 Å². The lowest BCUT2D eigenvalue weighted by molar-refractivity contribution is 0.102. The maximum atomic E-state index is 13.7. The van der Waals surface area contributed by atoms with Crippen LogP contribution < -0.4 is 10.1 Å². The van der Waals surface area contributed by atoms with Crippen molar-refractivity contribution in [3.63, 3.8) is 0 Å². The van der Waals surface area contributed by atoms with E-state index in [1.54, 1.807) is 31.5 Å². The van der Waals surface area contributed by atoms with E-state index in [9.17, 15) is 9.18 Å². The van der Waals surface area contributed by atoms with E-state index in [4.69, 9.17) is 4.74 Å². The van der Waals surface area contributed by atoms with Crippen LogP contribution in [0, 0.1) is 5.82 Å². The molecule has 0 aliphatic heterocycles. The number of amides is 1. The first kappa shape index (κ1) is 17.2. The minimum absolute atomic E-state index is 0.0105. The summed E-state index contributed by atoms with van der Waals surface area (Å²) in [6.07, 6.45) is 5.03. The molecule has 0 spiro atoms. The van der Waals surface area contributed by atoms with Gasteiger partial charge in [0.2, 0.25) is 0 Å². The van der Waals surface area contributed by atoms with Gasteiger partial charge >= 0.3 is 0 Å². The molecule has 136 valence electrons. The standard InChI is InChI=1S/C22H19FN2O2/c1-27-20-12-15-6-4-5-14(15)11-18(20)16-9-10-21(24-13-16)25-22(26)17-7-2-3-8-19(17)23/h2-3,7-13H,4-6H2,1H3,(H,24,25,26). The summed E-state index contributed by atoms with van der Waals surface area (Å²) in [5.74, 6) is 0.102. The zero-order chi connectivity index (χ0) is 18.8. The van der Waals surface area contributed by atoms with E-state index in [0.29, 0.717) is 5.82 Å². The van der Waals surface area contributed by atoms with Gasteiger partial charge in [0.1, 0.15) is 17.4 Å². The number of anilines is 1. The number of halogens is 1. The highest BCUT2D eigenvalue weighted by atomic mass is 19.1. The van der Waals surface area contributed by atoms with Gasteiger partial charge in [0, 0.05) is 17.3 Å². The van der Waals surface area contributed by atoms with E-state index >= 15 is 0 Å². The summed E-state index contributed by atoms with van der Waals surface area (Å²) in [7, 11) is 1.66. The first-order valence-electron chi connectivity index (χ1n) is 8.88. The maximum absolute atomic E-state index is 13.7. The van der Waals surface area contributed by atoms with Gasteiger partial charge in [0.25, 0.3) is 5.91 Å². The number of ether oxygens (including phenoxy) is 1. The molecule has 1 aromatic heterocycles. The molecule has 0 radical (unpaired) electrons. The van der Waals surface area contributed by atoms with Crippen molar-refractivity contribution in [2.45, 2.75) is 19.3 Å². The smallest absolute Gasteiger partial charge is 0.259 e. The van der Waals surface area contributed by atoms with Gasteiger partial charge in [-0.2, -0.15) is 0 Å². The number of hydrogen-bond donors (Lipinski definition) is 1. The lowest BCUT2D eigenvalue weighted by Crippen LogP contribution is -2.14. The van der Waals surface area contributed by atoms with Gasteiger partial charge < -0.3 is 10.1 Å². The molecule has 5 heteroatoms. The molecule has 1 aliphatic rings. The molecule has 0 fully saturated rings. The number of nitrogens with zero attached hydrogens (tertiary/aromatic N) is 1. The second-order valence-corrected chi connectivity index (χ2v) is 6.54. The molecule has 0 saturated heterocycles. The fraction of sp³-hybridized carbons (Fsp3) is 0.182. The first-order valence-corrected chi connectivity index (χ1v) is 8.88. The fourth-order valence-corrected chi connectivity index (χ4v) is 3.45. The molecule has 0 unspecified atom stereocenters. The van der Waals surface area contributed by atoms with Crippen LogP contribution in [0.15, 0.2) is 54.7 Å². The Labute approximate surface area is 157 Å². The summed E-state index contributed by atoms with van der Waals surface area (Å²) in [6, 6.07) is 13.7. The Balaban J connectivity index is 1.58. The third-order valence-electron chi connectivity index (χ3n) is 4.85. The number of carbonyl (C=O) groups is 1. The molecule has 3 aromatic rings. The summed E-state index contributed by atoms with van der Waals surface area (Å²) in [6.45, 7) is 0. The molecule has 0 saturated carbocycles. The minimum atomic E-state index is -0.561. The van der Waals surface area contributed by atoms with Gasteiger partial charge in [-0.1, -0.05) is 12.1 Å². The van der Waals surface area contributed by atoms with Crippen LogP contribution in [0.25, 0.3) is 11.1 Å². The Hall–Kier alpha value is -3.21. The Morgan fingerprint density at radius 3 is 2.59 bits per heavy atom. The number of rotatable bonds is 4. The topological polar surface area (TPSA) is 51.2 Å². The zero-order valence-electron chi connectivity index (χ0n) is 15.0. The molecule has 1 heterocycles. The van der Waals surface area contributed by atoms with Crippen LogP contribution >= 0.6 is 0 Å². The highest BCUT2D eigenvalue weighted by Gasteiger charge is 2.17. The number of benzene rings is 2. The number of pyridine rings is 1. The number of aryl methyl sites for hydroxylation is 2. The fourth-order valence-electron chi connectivity index (χ4n) is 3.45. The van der Waals surface area contributed by atoms with Crippen molar-refractivity contribution in [1.29, 1.82) is 0 Å². The van der Waals surface area contributed by atoms with Crippen LogP contribution in [-0.2, 0) is 12.8 Å². The summed E-state index contributed by atoms with van der Waals surface area (Å²) >= 11 is 0. The molecule has 2 aromatic carbocycles. The van der Waals surface area contributed by atoms with E-state index in [1.807, 2.05) is 6.07 Å². The van der Waals surface area contributed by atoms with Gasteiger partial charge in [0.15, 0.2) is 0 Å². The number of aromatic nitrogens is 1.